The van der Waals surface area contributed by atoms with Crippen LogP contribution in [0.1, 0.15) is 64.2 Å². The van der Waals surface area contributed by atoms with Gasteiger partial charge in [-0.3, -0.25) is 0 Å². The van der Waals surface area contributed by atoms with E-state index < -0.39 is 0 Å². The lowest BCUT2D eigenvalue weighted by Gasteiger charge is -2.22. The van der Waals surface area contributed by atoms with Crippen molar-refractivity contribution in [3.8, 4) is 0 Å². The Kier molecular flexibility index (Phi) is 4.30. The van der Waals surface area contributed by atoms with Gasteiger partial charge in [0.15, 0.2) is 0 Å². The molecule has 0 N–H and O–H groups in total. The van der Waals surface area contributed by atoms with E-state index in [1.165, 1.54) is 64.2 Å². The normalized spacial score (nSPS) is 25.7. The molecule has 1 nitrogen and oxygen atoms in total. The maximum atomic E-state index is 5.94. The van der Waals surface area contributed by atoms with Crippen LogP contribution in [0.2, 0.25) is 0 Å². The molecule has 0 aromatic rings. The zero-order valence-electron chi connectivity index (χ0n) is 9.34. The summed E-state index contributed by atoms with van der Waals surface area (Å²) in [7, 11) is 0. The largest absolute Gasteiger partial charge is 0.378 e. The van der Waals surface area contributed by atoms with Crippen LogP contribution in [0.3, 0.4) is 0 Å². The van der Waals surface area contributed by atoms with E-state index in [1.54, 1.807) is 0 Å². The molecule has 82 valence electrons. The van der Waals surface area contributed by atoms with Gasteiger partial charge in [0.05, 0.1) is 6.10 Å². The van der Waals surface area contributed by atoms with Gasteiger partial charge in [-0.1, -0.05) is 44.9 Å². The lowest BCUT2D eigenvalue weighted by molar-refractivity contribution is 0.0216. The van der Waals surface area contributed by atoms with Crippen molar-refractivity contribution in [2.45, 2.75) is 70.3 Å². The fourth-order valence-corrected chi connectivity index (χ4v) is 2.93. The molecule has 14 heavy (non-hydrogen) atoms. The highest BCUT2D eigenvalue weighted by atomic mass is 16.5. The Hall–Kier alpha value is -0.0400. The van der Waals surface area contributed by atoms with E-state index in [4.69, 9.17) is 4.74 Å². The van der Waals surface area contributed by atoms with E-state index in [1.807, 2.05) is 0 Å². The molecule has 0 radical (unpaired) electrons. The second kappa shape index (κ2) is 5.75. The van der Waals surface area contributed by atoms with Crippen LogP contribution < -0.4 is 0 Å². The molecule has 2 aliphatic carbocycles. The predicted molar refractivity (Wildman–Crippen MR) is 59.4 cm³/mol. The van der Waals surface area contributed by atoms with Crippen molar-refractivity contribution in [1.82, 2.24) is 0 Å². The number of hydrogen-bond acceptors (Lipinski definition) is 1. The van der Waals surface area contributed by atoms with Gasteiger partial charge >= 0.3 is 0 Å². The summed E-state index contributed by atoms with van der Waals surface area (Å²) in [6.07, 6.45) is 14.7. The Balaban J connectivity index is 1.52. The predicted octanol–water partition coefficient (Wildman–Crippen LogP) is 3.92. The van der Waals surface area contributed by atoms with Crippen LogP contribution in [0.25, 0.3) is 0 Å². The molecule has 0 spiro atoms. The summed E-state index contributed by atoms with van der Waals surface area (Å²) in [6.45, 7) is 1.04. The Morgan fingerprint density at radius 1 is 0.786 bits per heavy atom. The van der Waals surface area contributed by atoms with E-state index in [2.05, 4.69) is 0 Å². The molecule has 0 aliphatic heterocycles. The summed E-state index contributed by atoms with van der Waals surface area (Å²) in [5.41, 5.74) is 0. The van der Waals surface area contributed by atoms with Gasteiger partial charge in [-0.15, -0.1) is 0 Å². The average Bonchev–Trinajstić information content (AvgIpc) is 2.72. The highest BCUT2D eigenvalue weighted by molar-refractivity contribution is 4.68. The third-order valence-corrected chi connectivity index (χ3v) is 3.91. The third kappa shape index (κ3) is 3.27. The van der Waals surface area contributed by atoms with Crippen LogP contribution in [-0.4, -0.2) is 12.7 Å². The van der Waals surface area contributed by atoms with Crippen LogP contribution >= 0.6 is 0 Å². The smallest absolute Gasteiger partial charge is 0.0575 e. The Bertz CT molecular complexity index is 143. The van der Waals surface area contributed by atoms with Crippen LogP contribution in [0, 0.1) is 5.92 Å². The Labute approximate surface area is 88.2 Å². The second-order valence-corrected chi connectivity index (χ2v) is 5.07. The highest BCUT2D eigenvalue weighted by Gasteiger charge is 2.17. The molecule has 2 rings (SSSR count). The average molecular weight is 196 g/mol. The lowest BCUT2D eigenvalue weighted by Crippen LogP contribution is -2.18. The van der Waals surface area contributed by atoms with Crippen molar-refractivity contribution in [1.29, 1.82) is 0 Å². The van der Waals surface area contributed by atoms with Crippen molar-refractivity contribution in [2.24, 2.45) is 5.92 Å². The SMILES string of the molecule is C1CCC(OCCC2CCCC2)CC1. The van der Waals surface area contributed by atoms with Crippen LogP contribution in [0.4, 0.5) is 0 Å². The molecule has 1 heteroatoms. The zero-order valence-corrected chi connectivity index (χ0v) is 9.34. The summed E-state index contributed by atoms with van der Waals surface area (Å²) < 4.78 is 5.94. The first-order valence-corrected chi connectivity index (χ1v) is 6.57. The minimum Gasteiger partial charge on any atom is -0.378 e. The molecule has 0 aromatic carbocycles. The standard InChI is InChI=1S/C13H24O/c1-2-8-13(9-3-1)14-11-10-12-6-4-5-7-12/h12-13H,1-11H2. The third-order valence-electron chi connectivity index (χ3n) is 3.91. The monoisotopic (exact) mass is 196 g/mol. The van der Waals surface area contributed by atoms with Crippen LogP contribution in [0.5, 0.6) is 0 Å². The maximum absolute atomic E-state index is 5.94. The molecule has 0 aromatic heterocycles. The minimum absolute atomic E-state index is 0.616. The topological polar surface area (TPSA) is 9.23 Å². The van der Waals surface area contributed by atoms with Gasteiger partial charge in [0, 0.05) is 6.61 Å². The molecule has 0 heterocycles. The first-order chi connectivity index (χ1) is 6.95. The highest BCUT2D eigenvalue weighted by Crippen LogP contribution is 2.28. The second-order valence-electron chi connectivity index (χ2n) is 5.07. The van der Waals surface area contributed by atoms with Gasteiger partial charge in [-0.05, 0) is 25.2 Å². The zero-order chi connectivity index (χ0) is 9.64. The van der Waals surface area contributed by atoms with Crippen molar-refractivity contribution in [2.75, 3.05) is 6.61 Å². The number of hydrogen-bond donors (Lipinski definition) is 0. The van der Waals surface area contributed by atoms with Gasteiger partial charge in [0.25, 0.3) is 0 Å². The number of rotatable bonds is 4. The van der Waals surface area contributed by atoms with Gasteiger partial charge < -0.3 is 4.74 Å². The Morgan fingerprint density at radius 2 is 1.43 bits per heavy atom. The van der Waals surface area contributed by atoms with Crippen molar-refractivity contribution >= 4 is 0 Å². The van der Waals surface area contributed by atoms with Gasteiger partial charge in [-0.2, -0.15) is 0 Å². The molecule has 0 saturated heterocycles. The summed E-state index contributed by atoms with van der Waals surface area (Å²) in [5, 5.41) is 0. The summed E-state index contributed by atoms with van der Waals surface area (Å²) in [5.74, 6) is 0.999. The first kappa shape index (κ1) is 10.5. The van der Waals surface area contributed by atoms with Gasteiger partial charge in [0.1, 0.15) is 0 Å². The fraction of sp³-hybridized carbons (Fsp3) is 1.00. The van der Waals surface area contributed by atoms with Crippen molar-refractivity contribution in [3.63, 3.8) is 0 Å². The summed E-state index contributed by atoms with van der Waals surface area (Å²) in [4.78, 5) is 0. The molecular weight excluding hydrogens is 172 g/mol. The van der Waals surface area contributed by atoms with Crippen LogP contribution in [0.15, 0.2) is 0 Å². The quantitative estimate of drug-likeness (QED) is 0.662. The van der Waals surface area contributed by atoms with E-state index >= 15 is 0 Å². The molecule has 0 bridgehead atoms. The molecule has 2 aliphatic rings. The van der Waals surface area contributed by atoms with Crippen LogP contribution in [-0.2, 0) is 4.74 Å². The maximum Gasteiger partial charge on any atom is 0.0575 e. The minimum atomic E-state index is 0.616. The van der Waals surface area contributed by atoms with Crippen molar-refractivity contribution in [3.05, 3.63) is 0 Å². The molecular formula is C13H24O. The summed E-state index contributed by atoms with van der Waals surface area (Å²) >= 11 is 0. The number of ether oxygens (including phenoxy) is 1. The molecule has 0 atom stereocenters. The fourth-order valence-electron chi connectivity index (χ4n) is 2.93. The van der Waals surface area contributed by atoms with Gasteiger partial charge in [-0.25, -0.2) is 0 Å². The molecule has 0 amide bonds. The van der Waals surface area contributed by atoms with E-state index in [-0.39, 0.29) is 0 Å². The van der Waals surface area contributed by atoms with Crippen molar-refractivity contribution < 1.29 is 4.74 Å². The van der Waals surface area contributed by atoms with E-state index in [9.17, 15) is 0 Å². The molecule has 0 unspecified atom stereocenters. The molecule has 2 saturated carbocycles. The van der Waals surface area contributed by atoms with Gasteiger partial charge in [0.2, 0.25) is 0 Å². The van der Waals surface area contributed by atoms with E-state index in [0.717, 1.165) is 12.5 Å². The molecule has 2 fully saturated rings. The summed E-state index contributed by atoms with van der Waals surface area (Å²) in [6, 6.07) is 0. The first-order valence-electron chi connectivity index (χ1n) is 6.57. The Morgan fingerprint density at radius 3 is 2.14 bits per heavy atom. The van der Waals surface area contributed by atoms with E-state index in [0.29, 0.717) is 6.10 Å². The lowest BCUT2D eigenvalue weighted by atomic mass is 9.97.